The van der Waals surface area contributed by atoms with Crippen LogP contribution in [0.2, 0.25) is 0 Å². The van der Waals surface area contributed by atoms with Gasteiger partial charge in [0, 0.05) is 32.3 Å². The van der Waals surface area contributed by atoms with E-state index in [9.17, 15) is 4.79 Å². The summed E-state index contributed by atoms with van der Waals surface area (Å²) < 4.78 is 10.9. The molecule has 138 valence electrons. The number of carbonyl (C=O) groups is 1. The minimum atomic E-state index is 0.0855. The Morgan fingerprint density at radius 3 is 2.88 bits per heavy atom. The molecule has 0 bridgehead atoms. The lowest BCUT2D eigenvalue weighted by Gasteiger charge is -2.30. The van der Waals surface area contributed by atoms with Crippen molar-refractivity contribution in [2.24, 2.45) is 0 Å². The molecule has 1 atom stereocenters. The topological polar surface area (TPSA) is 84.6 Å². The van der Waals surface area contributed by atoms with Crippen molar-refractivity contribution in [1.29, 1.82) is 0 Å². The zero-order chi connectivity index (χ0) is 17.8. The number of rotatable bonds is 5. The molecule has 0 radical (unpaired) electrons. The Labute approximate surface area is 152 Å². The number of hydrogen-bond acceptors (Lipinski definition) is 7. The lowest BCUT2D eigenvalue weighted by atomic mass is 9.97. The van der Waals surface area contributed by atoms with Gasteiger partial charge in [-0.2, -0.15) is 4.98 Å². The van der Waals surface area contributed by atoms with E-state index in [-0.39, 0.29) is 11.8 Å². The molecule has 0 N–H and O–H groups in total. The predicted molar refractivity (Wildman–Crippen MR) is 92.0 cm³/mol. The number of morpholine rings is 1. The smallest absolute Gasteiger partial charge is 0.231 e. The molecule has 2 fully saturated rings. The molecule has 0 aromatic carbocycles. The summed E-state index contributed by atoms with van der Waals surface area (Å²) >= 11 is 0. The number of aromatic nitrogens is 3. The van der Waals surface area contributed by atoms with Gasteiger partial charge in [-0.25, -0.2) is 0 Å². The molecule has 0 unspecified atom stereocenters. The summed E-state index contributed by atoms with van der Waals surface area (Å²) in [4.78, 5) is 25.2. The number of piperidine rings is 1. The van der Waals surface area contributed by atoms with Crippen LogP contribution in [0.3, 0.4) is 0 Å². The molecular weight excluding hydrogens is 334 g/mol. The van der Waals surface area contributed by atoms with Gasteiger partial charge < -0.3 is 14.2 Å². The summed E-state index contributed by atoms with van der Waals surface area (Å²) in [7, 11) is 0. The SMILES string of the molecule is O=C1CC[C@@H](c2nc(CN3CCOCC3)no2)CN1Cc1ccccn1. The molecule has 4 rings (SSSR count). The van der Waals surface area contributed by atoms with Crippen LogP contribution in [-0.4, -0.2) is 63.7 Å². The van der Waals surface area contributed by atoms with Crippen molar-refractivity contribution in [3.63, 3.8) is 0 Å². The lowest BCUT2D eigenvalue weighted by molar-refractivity contribution is -0.134. The molecule has 4 heterocycles. The molecule has 2 aromatic heterocycles. The summed E-state index contributed by atoms with van der Waals surface area (Å²) in [5.74, 6) is 1.57. The summed E-state index contributed by atoms with van der Waals surface area (Å²) in [6.07, 6.45) is 2.99. The van der Waals surface area contributed by atoms with E-state index in [4.69, 9.17) is 9.26 Å². The van der Waals surface area contributed by atoms with Crippen LogP contribution in [0, 0.1) is 0 Å². The number of carbonyl (C=O) groups excluding carboxylic acids is 1. The van der Waals surface area contributed by atoms with Gasteiger partial charge in [0.1, 0.15) is 0 Å². The van der Waals surface area contributed by atoms with Gasteiger partial charge in [-0.15, -0.1) is 0 Å². The molecule has 2 aliphatic heterocycles. The Kier molecular flexibility index (Phi) is 5.21. The van der Waals surface area contributed by atoms with E-state index in [0.717, 1.165) is 38.4 Å². The second kappa shape index (κ2) is 7.92. The zero-order valence-corrected chi connectivity index (χ0v) is 14.7. The van der Waals surface area contributed by atoms with Crippen molar-refractivity contribution in [2.75, 3.05) is 32.8 Å². The summed E-state index contributed by atoms with van der Waals surface area (Å²) in [5.41, 5.74) is 0.889. The van der Waals surface area contributed by atoms with E-state index >= 15 is 0 Å². The van der Waals surface area contributed by atoms with Crippen molar-refractivity contribution in [1.82, 2.24) is 24.9 Å². The van der Waals surface area contributed by atoms with Crippen molar-refractivity contribution < 1.29 is 14.1 Å². The van der Waals surface area contributed by atoms with E-state index in [1.807, 2.05) is 23.1 Å². The fourth-order valence-corrected chi connectivity index (χ4v) is 3.41. The van der Waals surface area contributed by atoms with Crippen LogP contribution in [-0.2, 0) is 22.6 Å². The minimum absolute atomic E-state index is 0.0855. The summed E-state index contributed by atoms with van der Waals surface area (Å²) in [6, 6.07) is 5.74. The second-order valence-electron chi connectivity index (χ2n) is 6.77. The van der Waals surface area contributed by atoms with E-state index in [1.54, 1.807) is 6.20 Å². The van der Waals surface area contributed by atoms with Crippen LogP contribution >= 0.6 is 0 Å². The third-order valence-electron chi connectivity index (χ3n) is 4.88. The highest BCUT2D eigenvalue weighted by atomic mass is 16.5. The number of ether oxygens (including phenoxy) is 1. The fourth-order valence-electron chi connectivity index (χ4n) is 3.41. The van der Waals surface area contributed by atoms with Gasteiger partial charge in [0.15, 0.2) is 5.82 Å². The normalized spacial score (nSPS) is 21.9. The largest absolute Gasteiger partial charge is 0.379 e. The molecule has 0 aliphatic carbocycles. The van der Waals surface area contributed by atoms with Crippen LogP contribution in [0.15, 0.2) is 28.9 Å². The first-order valence-corrected chi connectivity index (χ1v) is 9.08. The van der Waals surface area contributed by atoms with Gasteiger partial charge in [-0.05, 0) is 18.6 Å². The maximum atomic E-state index is 12.3. The van der Waals surface area contributed by atoms with Gasteiger partial charge >= 0.3 is 0 Å². The number of likely N-dealkylation sites (tertiary alicyclic amines) is 1. The van der Waals surface area contributed by atoms with Gasteiger partial charge in [-0.3, -0.25) is 14.7 Å². The maximum absolute atomic E-state index is 12.3. The van der Waals surface area contributed by atoms with Gasteiger partial charge in [0.25, 0.3) is 0 Å². The molecule has 2 aromatic rings. The first-order chi connectivity index (χ1) is 12.8. The monoisotopic (exact) mass is 357 g/mol. The average Bonchev–Trinajstić information content (AvgIpc) is 3.14. The molecule has 1 amide bonds. The Bertz CT molecular complexity index is 729. The third-order valence-corrected chi connectivity index (χ3v) is 4.88. The average molecular weight is 357 g/mol. The highest BCUT2D eigenvalue weighted by Crippen LogP contribution is 2.27. The lowest BCUT2D eigenvalue weighted by Crippen LogP contribution is -2.38. The number of amides is 1. The van der Waals surface area contributed by atoms with Crippen LogP contribution in [0.1, 0.15) is 36.2 Å². The second-order valence-corrected chi connectivity index (χ2v) is 6.77. The van der Waals surface area contributed by atoms with Crippen molar-refractivity contribution in [2.45, 2.75) is 31.8 Å². The molecule has 2 saturated heterocycles. The molecule has 8 heteroatoms. The fraction of sp³-hybridized carbons (Fsp3) is 0.556. The van der Waals surface area contributed by atoms with Crippen molar-refractivity contribution in [3.05, 3.63) is 41.8 Å². The van der Waals surface area contributed by atoms with Gasteiger partial charge in [-0.1, -0.05) is 11.2 Å². The van der Waals surface area contributed by atoms with Crippen LogP contribution in [0.5, 0.6) is 0 Å². The van der Waals surface area contributed by atoms with Gasteiger partial charge in [0.2, 0.25) is 11.8 Å². The molecule has 0 saturated carbocycles. The predicted octanol–water partition coefficient (Wildman–Crippen LogP) is 1.20. The first-order valence-electron chi connectivity index (χ1n) is 9.08. The molecule has 8 nitrogen and oxygen atoms in total. The van der Waals surface area contributed by atoms with Crippen molar-refractivity contribution >= 4 is 5.91 Å². The van der Waals surface area contributed by atoms with E-state index in [0.29, 0.717) is 37.8 Å². The van der Waals surface area contributed by atoms with Gasteiger partial charge in [0.05, 0.1) is 37.9 Å². The summed E-state index contributed by atoms with van der Waals surface area (Å²) in [5, 5.41) is 4.13. The van der Waals surface area contributed by atoms with Crippen molar-refractivity contribution in [3.8, 4) is 0 Å². The molecular formula is C18H23N5O3. The number of pyridine rings is 1. The van der Waals surface area contributed by atoms with E-state index in [1.165, 1.54) is 0 Å². The number of hydrogen-bond donors (Lipinski definition) is 0. The minimum Gasteiger partial charge on any atom is -0.379 e. The molecule has 0 spiro atoms. The van der Waals surface area contributed by atoms with Crippen LogP contribution < -0.4 is 0 Å². The Morgan fingerprint density at radius 2 is 2.08 bits per heavy atom. The zero-order valence-electron chi connectivity index (χ0n) is 14.7. The van der Waals surface area contributed by atoms with Crippen LogP contribution in [0.4, 0.5) is 0 Å². The number of nitrogens with zero attached hydrogens (tertiary/aromatic N) is 5. The Hall–Kier alpha value is -2.32. The van der Waals surface area contributed by atoms with Crippen LogP contribution in [0.25, 0.3) is 0 Å². The highest BCUT2D eigenvalue weighted by Gasteiger charge is 2.30. The highest BCUT2D eigenvalue weighted by molar-refractivity contribution is 5.77. The Balaban J connectivity index is 1.38. The maximum Gasteiger partial charge on any atom is 0.231 e. The molecule has 26 heavy (non-hydrogen) atoms. The summed E-state index contributed by atoms with van der Waals surface area (Å²) in [6.45, 7) is 5.06. The first kappa shape index (κ1) is 17.1. The molecule has 2 aliphatic rings. The van der Waals surface area contributed by atoms with E-state index < -0.39 is 0 Å². The third kappa shape index (κ3) is 4.08. The quantitative estimate of drug-likeness (QED) is 0.795. The van der Waals surface area contributed by atoms with E-state index in [2.05, 4.69) is 20.0 Å². The standard InChI is InChI=1S/C18H23N5O3/c24-17-5-4-14(11-23(17)12-15-3-1-2-6-19-15)18-20-16(21-26-18)13-22-7-9-25-10-8-22/h1-3,6,14H,4-5,7-13H2/t14-/m1/s1. The Morgan fingerprint density at radius 1 is 1.19 bits per heavy atom.